The summed E-state index contributed by atoms with van der Waals surface area (Å²) in [7, 11) is 0. The number of halogens is 3. The molecule has 0 saturated heterocycles. The van der Waals surface area contributed by atoms with E-state index < -0.39 is 35.6 Å². The minimum absolute atomic E-state index is 0.00319. The molecule has 0 aromatic heterocycles. The van der Waals surface area contributed by atoms with Crippen molar-refractivity contribution in [1.29, 1.82) is 0 Å². The summed E-state index contributed by atoms with van der Waals surface area (Å²) in [4.78, 5) is 25.0. The van der Waals surface area contributed by atoms with Gasteiger partial charge in [0.1, 0.15) is 0 Å². The van der Waals surface area contributed by atoms with Gasteiger partial charge in [-0.3, -0.25) is 0 Å². The fourth-order valence-electron chi connectivity index (χ4n) is 3.77. The largest absolute Gasteiger partial charge is 0.460 e. The first kappa shape index (κ1) is 27.3. The predicted octanol–water partition coefficient (Wildman–Crippen LogP) is 3.55. The molecule has 2 atom stereocenters. The van der Waals surface area contributed by atoms with Crippen LogP contribution in [0.3, 0.4) is 0 Å². The number of rotatable bonds is 10. The van der Waals surface area contributed by atoms with E-state index in [0.29, 0.717) is 6.42 Å². The summed E-state index contributed by atoms with van der Waals surface area (Å²) >= 11 is 0. The summed E-state index contributed by atoms with van der Waals surface area (Å²) in [5.41, 5.74) is -0.359. The predicted molar refractivity (Wildman–Crippen MR) is 121 cm³/mol. The van der Waals surface area contributed by atoms with Gasteiger partial charge in [0.15, 0.2) is 11.5 Å². The molecular formula is C25H28F3NO7. The van der Waals surface area contributed by atoms with Gasteiger partial charge in [-0.25, -0.2) is 9.59 Å². The number of hydrogen-bond donors (Lipinski definition) is 2. The highest BCUT2D eigenvalue weighted by atomic mass is 19.4. The van der Waals surface area contributed by atoms with Gasteiger partial charge in [-0.2, -0.15) is 13.2 Å². The Labute approximate surface area is 206 Å². The third kappa shape index (κ3) is 5.90. The molecule has 0 saturated carbocycles. The Hall–Kier alpha value is -3.31. The number of aliphatic hydroxyl groups is 1. The molecule has 36 heavy (non-hydrogen) atoms. The highest BCUT2D eigenvalue weighted by Crippen LogP contribution is 2.41. The summed E-state index contributed by atoms with van der Waals surface area (Å²) in [5.74, 6) is -4.18. The van der Waals surface area contributed by atoms with Gasteiger partial charge < -0.3 is 29.4 Å². The van der Waals surface area contributed by atoms with E-state index in [4.69, 9.17) is 18.9 Å². The highest BCUT2D eigenvalue weighted by molar-refractivity contribution is 6.03. The van der Waals surface area contributed by atoms with Crippen LogP contribution in [0, 0.1) is 0 Å². The van der Waals surface area contributed by atoms with Crippen LogP contribution in [0.4, 0.5) is 13.2 Å². The van der Waals surface area contributed by atoms with Crippen LogP contribution in [0.1, 0.15) is 43.6 Å². The van der Waals surface area contributed by atoms with E-state index in [2.05, 4.69) is 5.32 Å². The van der Waals surface area contributed by atoms with Crippen LogP contribution in [0.5, 0.6) is 11.5 Å². The second-order valence-corrected chi connectivity index (χ2v) is 8.16. The fraction of sp³-hybridized carbons (Fsp3) is 0.440. The molecule has 196 valence electrons. The lowest BCUT2D eigenvalue weighted by Crippen LogP contribution is -2.55. The SMILES string of the molecule is CCOC(=O)C1(C(=O)OCC)Oc2ccc(CC(C)NCC(O)c3ccccc3C(F)(F)F)cc2O1. The minimum atomic E-state index is -4.57. The number of hydrogen-bond acceptors (Lipinski definition) is 8. The number of alkyl halides is 3. The van der Waals surface area contributed by atoms with Gasteiger partial charge in [0.2, 0.25) is 0 Å². The Morgan fingerprint density at radius 2 is 1.64 bits per heavy atom. The normalized spacial score (nSPS) is 15.8. The van der Waals surface area contributed by atoms with Gasteiger partial charge >= 0.3 is 23.9 Å². The molecule has 0 fully saturated rings. The molecule has 0 spiro atoms. The zero-order chi connectivity index (χ0) is 26.5. The number of esters is 2. The van der Waals surface area contributed by atoms with E-state index in [1.807, 2.05) is 0 Å². The number of carbonyl (C=O) groups is 2. The van der Waals surface area contributed by atoms with Crippen molar-refractivity contribution in [3.05, 3.63) is 59.2 Å². The zero-order valence-electron chi connectivity index (χ0n) is 20.1. The number of carbonyl (C=O) groups excluding carboxylic acids is 2. The lowest BCUT2D eigenvalue weighted by molar-refractivity contribution is -0.202. The molecular weight excluding hydrogens is 483 g/mol. The molecule has 11 heteroatoms. The second-order valence-electron chi connectivity index (χ2n) is 8.16. The lowest BCUT2D eigenvalue weighted by Gasteiger charge is -2.22. The van der Waals surface area contributed by atoms with Crippen LogP contribution in [0.25, 0.3) is 0 Å². The Kier molecular flexibility index (Phi) is 8.47. The lowest BCUT2D eigenvalue weighted by atomic mass is 10.0. The number of benzene rings is 2. The average molecular weight is 511 g/mol. The molecule has 2 aromatic rings. The molecule has 0 aliphatic carbocycles. The topological polar surface area (TPSA) is 103 Å². The Balaban J connectivity index is 1.67. The molecule has 2 N–H and O–H groups in total. The van der Waals surface area contributed by atoms with Gasteiger partial charge in [0.05, 0.1) is 24.9 Å². The maximum Gasteiger partial charge on any atom is 0.453 e. The van der Waals surface area contributed by atoms with Crippen molar-refractivity contribution in [2.75, 3.05) is 19.8 Å². The fourth-order valence-corrected chi connectivity index (χ4v) is 3.77. The van der Waals surface area contributed by atoms with Crippen molar-refractivity contribution in [1.82, 2.24) is 5.32 Å². The number of fused-ring (bicyclic) bond motifs is 1. The molecule has 3 rings (SSSR count). The maximum absolute atomic E-state index is 13.2. The average Bonchev–Trinajstić information content (AvgIpc) is 3.23. The van der Waals surface area contributed by atoms with E-state index in [0.717, 1.165) is 11.6 Å². The zero-order valence-corrected chi connectivity index (χ0v) is 20.1. The van der Waals surface area contributed by atoms with Crippen LogP contribution < -0.4 is 14.8 Å². The highest BCUT2D eigenvalue weighted by Gasteiger charge is 2.59. The van der Waals surface area contributed by atoms with Crippen LogP contribution >= 0.6 is 0 Å². The number of ether oxygens (including phenoxy) is 4. The third-order valence-electron chi connectivity index (χ3n) is 5.43. The first-order valence-corrected chi connectivity index (χ1v) is 11.4. The number of nitrogens with one attached hydrogen (secondary N) is 1. The Bertz CT molecular complexity index is 1070. The third-order valence-corrected chi connectivity index (χ3v) is 5.43. The van der Waals surface area contributed by atoms with Crippen LogP contribution in [0.2, 0.25) is 0 Å². The van der Waals surface area contributed by atoms with Crippen molar-refractivity contribution in [3.63, 3.8) is 0 Å². The molecule has 0 bridgehead atoms. The summed E-state index contributed by atoms with van der Waals surface area (Å²) in [6.45, 7) is 4.84. The van der Waals surface area contributed by atoms with Gasteiger partial charge in [0.25, 0.3) is 0 Å². The van der Waals surface area contributed by atoms with Gasteiger partial charge in [0, 0.05) is 12.6 Å². The van der Waals surface area contributed by atoms with Gasteiger partial charge in [-0.15, -0.1) is 0 Å². The van der Waals surface area contributed by atoms with E-state index in [-0.39, 0.29) is 42.9 Å². The first-order valence-electron chi connectivity index (χ1n) is 11.4. The summed E-state index contributed by atoms with van der Waals surface area (Å²) < 4.78 is 60.7. The minimum Gasteiger partial charge on any atom is -0.460 e. The van der Waals surface area contributed by atoms with E-state index in [1.54, 1.807) is 32.9 Å². The van der Waals surface area contributed by atoms with E-state index >= 15 is 0 Å². The molecule has 2 aromatic carbocycles. The van der Waals surface area contributed by atoms with Crippen molar-refractivity contribution in [2.45, 2.75) is 51.3 Å². The molecule has 1 aliphatic heterocycles. The van der Waals surface area contributed by atoms with E-state index in [9.17, 15) is 27.9 Å². The van der Waals surface area contributed by atoms with Crippen LogP contribution in [0.15, 0.2) is 42.5 Å². The molecule has 2 unspecified atom stereocenters. The number of aliphatic hydroxyl groups excluding tert-OH is 1. The molecule has 8 nitrogen and oxygen atoms in total. The summed E-state index contributed by atoms with van der Waals surface area (Å²) in [6, 6.07) is 9.46. The maximum atomic E-state index is 13.2. The van der Waals surface area contributed by atoms with Gasteiger partial charge in [-0.1, -0.05) is 24.3 Å². The van der Waals surface area contributed by atoms with Crippen molar-refractivity contribution in [2.24, 2.45) is 0 Å². The van der Waals surface area contributed by atoms with Crippen LogP contribution in [-0.4, -0.2) is 48.6 Å². The quantitative estimate of drug-likeness (QED) is 0.369. The Morgan fingerprint density at radius 3 is 2.25 bits per heavy atom. The second kappa shape index (κ2) is 11.2. The summed E-state index contributed by atoms with van der Waals surface area (Å²) in [5, 5.41) is 13.4. The monoisotopic (exact) mass is 511 g/mol. The smallest absolute Gasteiger partial charge is 0.453 e. The molecule has 0 amide bonds. The molecule has 1 heterocycles. The van der Waals surface area contributed by atoms with E-state index in [1.165, 1.54) is 24.3 Å². The Morgan fingerprint density at radius 1 is 1.03 bits per heavy atom. The van der Waals surface area contributed by atoms with Crippen molar-refractivity contribution < 1.29 is 46.8 Å². The molecule has 1 aliphatic rings. The van der Waals surface area contributed by atoms with Crippen molar-refractivity contribution in [3.8, 4) is 11.5 Å². The standard InChI is InChI=1S/C25H28F3NO7/c1-4-33-22(31)24(23(32)34-5-2)35-20-11-10-16(13-21(20)36-24)12-15(3)29-14-19(30)17-8-6-7-9-18(17)25(26,27)28/h6-11,13,15,19,29-30H,4-5,12,14H2,1-3H3. The van der Waals surface area contributed by atoms with Crippen molar-refractivity contribution >= 4 is 11.9 Å². The van der Waals surface area contributed by atoms with Gasteiger partial charge in [-0.05, 0) is 56.5 Å². The first-order chi connectivity index (χ1) is 17.0. The van der Waals surface area contributed by atoms with Crippen LogP contribution in [-0.2, 0) is 31.7 Å². The molecule has 0 radical (unpaired) electrons. The summed E-state index contributed by atoms with van der Waals surface area (Å²) in [6.07, 6.45) is -5.54.